The molecule has 0 unspecified atom stereocenters. The number of carbonyl (C=O) groups excluding carboxylic acids is 2. The van der Waals surface area contributed by atoms with Gasteiger partial charge in [0.25, 0.3) is 11.8 Å². The first-order valence-corrected chi connectivity index (χ1v) is 9.06. The van der Waals surface area contributed by atoms with Crippen molar-refractivity contribution in [1.29, 1.82) is 0 Å². The molecule has 0 saturated carbocycles. The average Bonchev–Trinajstić information content (AvgIpc) is 2.70. The van der Waals surface area contributed by atoms with Crippen LogP contribution in [0.4, 0.5) is 17.1 Å². The Labute approximate surface area is 168 Å². The number of anilines is 3. The van der Waals surface area contributed by atoms with Crippen LogP contribution in [0.1, 0.15) is 20.7 Å². The van der Waals surface area contributed by atoms with E-state index in [9.17, 15) is 9.59 Å². The maximum absolute atomic E-state index is 12.5. The molecule has 2 N–H and O–H groups in total. The summed E-state index contributed by atoms with van der Waals surface area (Å²) >= 11 is 6.08. The van der Waals surface area contributed by atoms with Crippen molar-refractivity contribution in [2.24, 2.45) is 0 Å². The molecule has 3 aromatic carbocycles. The van der Waals surface area contributed by atoms with Gasteiger partial charge >= 0.3 is 0 Å². The lowest BCUT2D eigenvalue weighted by Gasteiger charge is -2.13. The van der Waals surface area contributed by atoms with Crippen LogP contribution in [-0.4, -0.2) is 25.9 Å². The highest BCUT2D eigenvalue weighted by molar-refractivity contribution is 6.33. The van der Waals surface area contributed by atoms with Crippen molar-refractivity contribution in [2.75, 3.05) is 29.6 Å². The SMILES string of the molecule is CN(C)c1ccc(C(=O)Nc2cccc(C(=O)Nc3ccccc3Cl)c2)cc1. The predicted octanol–water partition coefficient (Wildman–Crippen LogP) is 4.91. The lowest BCUT2D eigenvalue weighted by Crippen LogP contribution is -2.15. The Morgan fingerprint density at radius 1 is 0.786 bits per heavy atom. The first-order valence-electron chi connectivity index (χ1n) is 8.69. The quantitative estimate of drug-likeness (QED) is 0.647. The molecule has 0 spiro atoms. The monoisotopic (exact) mass is 393 g/mol. The van der Waals surface area contributed by atoms with Crippen molar-refractivity contribution in [3.63, 3.8) is 0 Å². The summed E-state index contributed by atoms with van der Waals surface area (Å²) in [4.78, 5) is 26.9. The highest BCUT2D eigenvalue weighted by Crippen LogP contribution is 2.22. The fourth-order valence-electron chi connectivity index (χ4n) is 2.61. The van der Waals surface area contributed by atoms with Crippen LogP contribution < -0.4 is 15.5 Å². The van der Waals surface area contributed by atoms with Gasteiger partial charge < -0.3 is 15.5 Å². The zero-order valence-corrected chi connectivity index (χ0v) is 16.3. The second kappa shape index (κ2) is 8.59. The third kappa shape index (κ3) is 4.69. The van der Waals surface area contributed by atoms with Gasteiger partial charge in [0, 0.05) is 36.6 Å². The first-order chi connectivity index (χ1) is 13.4. The van der Waals surface area contributed by atoms with Crippen LogP contribution in [0, 0.1) is 0 Å². The molecule has 0 bridgehead atoms. The number of hydrogen-bond donors (Lipinski definition) is 2. The van der Waals surface area contributed by atoms with Crippen molar-refractivity contribution in [3.05, 3.63) is 88.9 Å². The Balaban J connectivity index is 1.71. The molecule has 0 fully saturated rings. The molecule has 0 aromatic heterocycles. The van der Waals surface area contributed by atoms with Crippen molar-refractivity contribution < 1.29 is 9.59 Å². The van der Waals surface area contributed by atoms with Crippen LogP contribution in [-0.2, 0) is 0 Å². The average molecular weight is 394 g/mol. The van der Waals surface area contributed by atoms with Gasteiger partial charge in [-0.25, -0.2) is 0 Å². The molecule has 6 heteroatoms. The topological polar surface area (TPSA) is 61.4 Å². The molecule has 0 aliphatic heterocycles. The lowest BCUT2D eigenvalue weighted by atomic mass is 10.1. The minimum absolute atomic E-state index is 0.242. The van der Waals surface area contributed by atoms with Gasteiger partial charge in [-0.1, -0.05) is 29.8 Å². The molecule has 28 heavy (non-hydrogen) atoms. The Morgan fingerprint density at radius 3 is 2.14 bits per heavy atom. The smallest absolute Gasteiger partial charge is 0.255 e. The van der Waals surface area contributed by atoms with E-state index in [4.69, 9.17) is 11.6 Å². The number of nitrogens with one attached hydrogen (secondary N) is 2. The fraction of sp³-hybridized carbons (Fsp3) is 0.0909. The number of halogens is 1. The van der Waals surface area contributed by atoms with Gasteiger partial charge in [-0.2, -0.15) is 0 Å². The Morgan fingerprint density at radius 2 is 1.46 bits per heavy atom. The van der Waals surface area contributed by atoms with E-state index in [0.29, 0.717) is 27.5 Å². The lowest BCUT2D eigenvalue weighted by molar-refractivity contribution is 0.101. The number of rotatable bonds is 5. The van der Waals surface area contributed by atoms with Gasteiger partial charge in [-0.05, 0) is 54.6 Å². The molecule has 3 rings (SSSR count). The van der Waals surface area contributed by atoms with E-state index in [0.717, 1.165) is 5.69 Å². The summed E-state index contributed by atoms with van der Waals surface area (Å²) in [6.45, 7) is 0. The van der Waals surface area contributed by atoms with Crippen molar-refractivity contribution >= 4 is 40.5 Å². The van der Waals surface area contributed by atoms with E-state index in [1.165, 1.54) is 0 Å². The van der Waals surface area contributed by atoms with E-state index < -0.39 is 0 Å². The molecule has 0 atom stereocenters. The number of benzene rings is 3. The second-order valence-electron chi connectivity index (χ2n) is 6.41. The van der Waals surface area contributed by atoms with Crippen LogP contribution in [0.3, 0.4) is 0 Å². The molecule has 0 heterocycles. The largest absolute Gasteiger partial charge is 0.378 e. The summed E-state index contributed by atoms with van der Waals surface area (Å²) in [5.41, 5.74) is 3.03. The van der Waals surface area contributed by atoms with Crippen LogP contribution in [0.25, 0.3) is 0 Å². The molecule has 3 aromatic rings. The van der Waals surface area contributed by atoms with E-state index in [1.54, 1.807) is 60.7 Å². The van der Waals surface area contributed by atoms with Gasteiger partial charge in [0.05, 0.1) is 10.7 Å². The van der Waals surface area contributed by atoms with Crippen LogP contribution in [0.15, 0.2) is 72.8 Å². The minimum Gasteiger partial charge on any atom is -0.378 e. The number of nitrogens with zero attached hydrogens (tertiary/aromatic N) is 1. The number of hydrogen-bond acceptors (Lipinski definition) is 3. The molecule has 2 amide bonds. The normalized spacial score (nSPS) is 10.2. The van der Waals surface area contributed by atoms with E-state index in [1.807, 2.05) is 31.1 Å². The standard InChI is InChI=1S/C22H20ClN3O2/c1-26(2)18-12-10-15(11-13-18)21(27)24-17-7-5-6-16(14-17)22(28)25-20-9-4-3-8-19(20)23/h3-14H,1-2H3,(H,24,27)(H,25,28). The highest BCUT2D eigenvalue weighted by Gasteiger charge is 2.11. The summed E-state index contributed by atoms with van der Waals surface area (Å²) in [7, 11) is 3.88. The van der Waals surface area contributed by atoms with Gasteiger partial charge in [-0.3, -0.25) is 9.59 Å². The number of amides is 2. The maximum Gasteiger partial charge on any atom is 0.255 e. The Hall–Kier alpha value is -3.31. The van der Waals surface area contributed by atoms with E-state index in [2.05, 4.69) is 10.6 Å². The predicted molar refractivity (Wildman–Crippen MR) is 115 cm³/mol. The molecule has 5 nitrogen and oxygen atoms in total. The molecular weight excluding hydrogens is 374 g/mol. The summed E-state index contributed by atoms with van der Waals surface area (Å²) in [6, 6.07) is 21.0. The molecule has 0 aliphatic carbocycles. The van der Waals surface area contributed by atoms with Crippen LogP contribution in [0.2, 0.25) is 5.02 Å². The minimum atomic E-state index is -0.306. The number of para-hydroxylation sites is 1. The van der Waals surface area contributed by atoms with Crippen molar-refractivity contribution in [3.8, 4) is 0 Å². The van der Waals surface area contributed by atoms with E-state index in [-0.39, 0.29) is 11.8 Å². The third-order valence-corrected chi connectivity index (χ3v) is 4.48. The molecule has 0 aliphatic rings. The number of carbonyl (C=O) groups is 2. The maximum atomic E-state index is 12.5. The Bertz CT molecular complexity index is 1000. The molecule has 0 saturated heterocycles. The van der Waals surface area contributed by atoms with Gasteiger partial charge in [0.15, 0.2) is 0 Å². The zero-order chi connectivity index (χ0) is 20.1. The van der Waals surface area contributed by atoms with Gasteiger partial charge in [0.2, 0.25) is 0 Å². The zero-order valence-electron chi connectivity index (χ0n) is 15.6. The van der Waals surface area contributed by atoms with Gasteiger partial charge in [-0.15, -0.1) is 0 Å². The molecule has 142 valence electrons. The van der Waals surface area contributed by atoms with Crippen LogP contribution in [0.5, 0.6) is 0 Å². The first kappa shape index (κ1) is 19.5. The van der Waals surface area contributed by atoms with E-state index >= 15 is 0 Å². The Kier molecular flexibility index (Phi) is 5.96. The van der Waals surface area contributed by atoms with Crippen molar-refractivity contribution in [2.45, 2.75) is 0 Å². The second-order valence-corrected chi connectivity index (χ2v) is 6.82. The van der Waals surface area contributed by atoms with Gasteiger partial charge in [0.1, 0.15) is 0 Å². The summed E-state index contributed by atoms with van der Waals surface area (Å²) in [6.07, 6.45) is 0. The highest BCUT2D eigenvalue weighted by atomic mass is 35.5. The van der Waals surface area contributed by atoms with Crippen LogP contribution >= 0.6 is 11.6 Å². The third-order valence-electron chi connectivity index (χ3n) is 4.15. The molecule has 0 radical (unpaired) electrons. The fourth-order valence-corrected chi connectivity index (χ4v) is 2.79. The molecular formula is C22H20ClN3O2. The summed E-state index contributed by atoms with van der Waals surface area (Å²) in [5, 5.41) is 6.05. The summed E-state index contributed by atoms with van der Waals surface area (Å²) < 4.78 is 0. The van der Waals surface area contributed by atoms with Crippen molar-refractivity contribution in [1.82, 2.24) is 0 Å². The summed E-state index contributed by atoms with van der Waals surface area (Å²) in [5.74, 6) is -0.548.